The van der Waals surface area contributed by atoms with Crippen LogP contribution in [0.3, 0.4) is 0 Å². The van der Waals surface area contributed by atoms with E-state index >= 15 is 0 Å². The maximum Gasteiger partial charge on any atom is 0.261 e. The molecule has 284 valence electrons. The molecule has 0 N–H and O–H groups in total. The number of hydrogen-bond acceptors (Lipinski definition) is 11. The molecule has 13 heteroatoms. The van der Waals surface area contributed by atoms with E-state index < -0.39 is 8.32 Å². The molecule has 0 unspecified atom stereocenters. The molecule has 0 fully saturated rings. The Morgan fingerprint density at radius 3 is 1.06 bits per heavy atom. The highest BCUT2D eigenvalue weighted by Crippen LogP contribution is 2.36. The normalized spacial score (nSPS) is 13.5. The molecule has 2 aromatic carbocycles. The van der Waals surface area contributed by atoms with Gasteiger partial charge in [-0.3, -0.25) is 14.5 Å². The summed E-state index contributed by atoms with van der Waals surface area (Å²) in [5.41, 5.74) is 0. The van der Waals surface area contributed by atoms with E-state index in [1.165, 1.54) is 22.5 Å². The van der Waals surface area contributed by atoms with E-state index in [4.69, 9.17) is 42.3 Å². The fraction of sp³-hybridized carbons (Fsp3) is 0.579. The second-order valence-corrected chi connectivity index (χ2v) is 16.9. The Balaban J connectivity index is 1.06. The first-order chi connectivity index (χ1) is 24.9. The van der Waals surface area contributed by atoms with Crippen LogP contribution in [0.4, 0.5) is 0 Å². The SMILES string of the molecule is CC(C)(C)[Si](OCCOCCOCCOCCOCCOCCOCCOCCOCCN1C(=O)C=CC1=O)(c1ccccc1)c1ccccc1. The molecular weight excluding hydrogens is 674 g/mol. The van der Waals surface area contributed by atoms with Crippen molar-refractivity contribution in [3.05, 3.63) is 72.8 Å². The average molecular weight is 732 g/mol. The predicted molar refractivity (Wildman–Crippen MR) is 196 cm³/mol. The summed E-state index contributed by atoms with van der Waals surface area (Å²) in [5.74, 6) is -0.610. The van der Waals surface area contributed by atoms with Crippen LogP contribution in [0.5, 0.6) is 0 Å². The minimum atomic E-state index is -2.54. The third kappa shape index (κ3) is 15.8. The van der Waals surface area contributed by atoms with E-state index in [0.717, 1.165) is 4.90 Å². The first-order valence-corrected chi connectivity index (χ1v) is 19.7. The molecule has 2 aromatic rings. The van der Waals surface area contributed by atoms with Gasteiger partial charge in [0.15, 0.2) is 0 Å². The highest BCUT2D eigenvalue weighted by molar-refractivity contribution is 6.99. The Labute approximate surface area is 304 Å². The van der Waals surface area contributed by atoms with E-state index in [-0.39, 0.29) is 30.0 Å². The number of hydrogen-bond donors (Lipinski definition) is 0. The summed E-state index contributed by atoms with van der Waals surface area (Å²) >= 11 is 0. The molecule has 1 aliphatic rings. The van der Waals surface area contributed by atoms with E-state index in [2.05, 4.69) is 69.3 Å². The first kappa shape index (κ1) is 42.6. The van der Waals surface area contributed by atoms with Gasteiger partial charge in [0.25, 0.3) is 20.1 Å². The zero-order chi connectivity index (χ0) is 36.5. The van der Waals surface area contributed by atoms with Crippen molar-refractivity contribution in [1.29, 1.82) is 0 Å². The smallest absolute Gasteiger partial charge is 0.261 e. The number of nitrogens with zero attached hydrogens (tertiary/aromatic N) is 1. The lowest BCUT2D eigenvalue weighted by atomic mass is 10.2. The second kappa shape index (κ2) is 25.2. The third-order valence-corrected chi connectivity index (χ3v) is 13.0. The lowest BCUT2D eigenvalue weighted by Gasteiger charge is -2.43. The van der Waals surface area contributed by atoms with Gasteiger partial charge in [0.05, 0.1) is 119 Å². The molecule has 0 radical (unpaired) electrons. The van der Waals surface area contributed by atoms with Crippen LogP contribution in [0.2, 0.25) is 5.04 Å². The van der Waals surface area contributed by atoms with Crippen LogP contribution >= 0.6 is 0 Å². The molecule has 0 aromatic heterocycles. The molecule has 0 spiro atoms. The summed E-state index contributed by atoms with van der Waals surface area (Å²) in [6.07, 6.45) is 2.52. The molecule has 2 amide bonds. The Morgan fingerprint density at radius 1 is 0.451 bits per heavy atom. The van der Waals surface area contributed by atoms with Gasteiger partial charge in [-0.05, 0) is 15.4 Å². The van der Waals surface area contributed by atoms with Gasteiger partial charge in [-0.25, -0.2) is 0 Å². The third-order valence-electron chi connectivity index (χ3n) is 7.93. The van der Waals surface area contributed by atoms with Gasteiger partial charge in [-0.1, -0.05) is 81.4 Å². The lowest BCUT2D eigenvalue weighted by molar-refractivity contribution is -0.137. The number of amides is 2. The van der Waals surface area contributed by atoms with E-state index in [9.17, 15) is 9.59 Å². The van der Waals surface area contributed by atoms with Crippen LogP contribution in [0.15, 0.2) is 72.8 Å². The summed E-state index contributed by atoms with van der Waals surface area (Å²) in [4.78, 5) is 24.0. The largest absolute Gasteiger partial charge is 0.405 e. The fourth-order valence-electron chi connectivity index (χ4n) is 5.46. The Morgan fingerprint density at radius 2 is 0.745 bits per heavy atom. The standard InChI is InChI=1S/C38H57NO11Si/c1-38(2,3)51(34-10-6-4-7-11-34,35-12-8-5-9-13-35)50-33-32-49-31-30-48-29-28-47-27-26-46-25-24-45-23-22-44-21-20-43-19-18-42-17-16-39-36(40)14-15-37(39)41/h4-15H,16-33H2,1-3H3. The van der Waals surface area contributed by atoms with Crippen molar-refractivity contribution in [1.82, 2.24) is 4.90 Å². The molecule has 0 atom stereocenters. The van der Waals surface area contributed by atoms with Crippen LogP contribution in [0, 0.1) is 0 Å². The molecule has 51 heavy (non-hydrogen) atoms. The summed E-state index contributed by atoms with van der Waals surface area (Å²) in [7, 11) is -2.54. The highest BCUT2D eigenvalue weighted by Gasteiger charge is 2.50. The van der Waals surface area contributed by atoms with Crippen molar-refractivity contribution in [2.24, 2.45) is 0 Å². The predicted octanol–water partition coefficient (Wildman–Crippen LogP) is 2.62. The molecule has 12 nitrogen and oxygen atoms in total. The van der Waals surface area contributed by atoms with Crippen LogP contribution in [0.1, 0.15) is 20.8 Å². The monoisotopic (exact) mass is 731 g/mol. The quantitative estimate of drug-likeness (QED) is 0.0671. The van der Waals surface area contributed by atoms with Crippen molar-refractivity contribution >= 4 is 30.5 Å². The topological polar surface area (TPSA) is 120 Å². The summed E-state index contributed by atoms with van der Waals surface area (Å²) in [5, 5.41) is 2.46. The van der Waals surface area contributed by atoms with Gasteiger partial charge in [-0.2, -0.15) is 0 Å². The van der Waals surface area contributed by atoms with Crippen LogP contribution in [0.25, 0.3) is 0 Å². The maximum absolute atomic E-state index is 11.4. The first-order valence-electron chi connectivity index (χ1n) is 17.8. The summed E-state index contributed by atoms with van der Waals surface area (Å²) in [6, 6.07) is 21.2. The van der Waals surface area contributed by atoms with Crippen molar-refractivity contribution in [2.75, 3.05) is 119 Å². The van der Waals surface area contributed by atoms with Crippen LogP contribution in [-0.4, -0.2) is 144 Å². The Kier molecular flexibility index (Phi) is 21.0. The van der Waals surface area contributed by atoms with Gasteiger partial charge < -0.3 is 42.3 Å². The second-order valence-electron chi connectivity index (χ2n) is 12.6. The maximum atomic E-state index is 11.4. The summed E-state index contributed by atoms with van der Waals surface area (Å²) < 4.78 is 51.2. The van der Waals surface area contributed by atoms with Gasteiger partial charge >= 0.3 is 0 Å². The number of carbonyl (C=O) groups excluding carboxylic acids is 2. The molecule has 0 bridgehead atoms. The number of imide groups is 1. The lowest BCUT2D eigenvalue weighted by Crippen LogP contribution is -2.66. The van der Waals surface area contributed by atoms with E-state index in [1.807, 2.05) is 12.1 Å². The molecular formula is C38H57NO11Si. The Hall–Kier alpha value is -2.82. The van der Waals surface area contributed by atoms with Gasteiger partial charge in [0.2, 0.25) is 0 Å². The van der Waals surface area contributed by atoms with E-state index in [0.29, 0.717) is 106 Å². The van der Waals surface area contributed by atoms with Gasteiger partial charge in [0.1, 0.15) is 0 Å². The molecule has 0 saturated carbocycles. The molecule has 1 heterocycles. The minimum absolute atomic E-state index is 0.0622. The summed E-state index contributed by atoms with van der Waals surface area (Å²) in [6.45, 7) is 14.9. The van der Waals surface area contributed by atoms with Crippen LogP contribution in [-0.2, 0) is 51.9 Å². The van der Waals surface area contributed by atoms with Crippen molar-refractivity contribution in [3.8, 4) is 0 Å². The van der Waals surface area contributed by atoms with Gasteiger partial charge in [-0.15, -0.1) is 0 Å². The average Bonchev–Trinajstić information content (AvgIpc) is 3.45. The van der Waals surface area contributed by atoms with Crippen molar-refractivity contribution in [3.63, 3.8) is 0 Å². The fourth-order valence-corrected chi connectivity index (χ4v) is 10.0. The Bertz CT molecular complexity index is 1190. The van der Waals surface area contributed by atoms with Crippen molar-refractivity contribution in [2.45, 2.75) is 25.8 Å². The number of rotatable bonds is 30. The van der Waals surface area contributed by atoms with Crippen LogP contribution < -0.4 is 10.4 Å². The van der Waals surface area contributed by atoms with E-state index in [1.54, 1.807) is 0 Å². The number of ether oxygens (including phenoxy) is 8. The minimum Gasteiger partial charge on any atom is -0.405 e. The molecule has 0 saturated heterocycles. The van der Waals surface area contributed by atoms with Crippen molar-refractivity contribution < 1.29 is 51.9 Å². The zero-order valence-corrected chi connectivity index (χ0v) is 31.6. The molecule has 3 rings (SSSR count). The molecule has 0 aliphatic carbocycles. The zero-order valence-electron chi connectivity index (χ0n) is 30.6. The molecule has 1 aliphatic heterocycles. The number of carbonyl (C=O) groups is 2. The van der Waals surface area contributed by atoms with Gasteiger partial charge in [0, 0.05) is 12.2 Å². The highest BCUT2D eigenvalue weighted by atomic mass is 28.4. The number of benzene rings is 2.